The first-order valence-corrected chi connectivity index (χ1v) is 9.55. The highest BCUT2D eigenvalue weighted by molar-refractivity contribution is 7.81. The van der Waals surface area contributed by atoms with Crippen molar-refractivity contribution in [1.29, 1.82) is 0 Å². The minimum absolute atomic E-state index is 0.0297. The molecule has 2 aliphatic heterocycles. The van der Waals surface area contributed by atoms with E-state index < -0.39 is 22.8 Å². The van der Waals surface area contributed by atoms with Crippen molar-refractivity contribution < 1.29 is 18.3 Å². The van der Waals surface area contributed by atoms with Gasteiger partial charge in [0.1, 0.15) is 21.8 Å². The lowest BCUT2D eigenvalue weighted by Crippen LogP contribution is -2.69. The summed E-state index contributed by atoms with van der Waals surface area (Å²) in [7, 11) is 0. The van der Waals surface area contributed by atoms with E-state index in [0.717, 1.165) is 23.6 Å². The van der Waals surface area contributed by atoms with Crippen LogP contribution >= 0.6 is 23.8 Å². The first-order valence-electron chi connectivity index (χ1n) is 8.77. The quantitative estimate of drug-likeness (QED) is 0.565. The number of ketones is 1. The fourth-order valence-corrected chi connectivity index (χ4v) is 5.99. The number of nitrogens with zero attached hydrogens (tertiary/aromatic N) is 3. The molecule has 3 heterocycles. The Kier molecular flexibility index (Phi) is 3.13. The standard InChI is InChI=1S/C18H15ClFN3O2S/c1-2-11-22-13-12(10(20)7-9(19)14(13)25-11)18-15(24)8-5-3-4-6-17(8,16(18)26)23(18)21/h7-8H,2-6H2,1H3. The molecule has 2 aromatic rings. The van der Waals surface area contributed by atoms with Crippen molar-refractivity contribution in [3.63, 3.8) is 0 Å². The highest BCUT2D eigenvalue weighted by atomic mass is 35.5. The second-order valence-electron chi connectivity index (χ2n) is 7.29. The molecule has 2 saturated carbocycles. The van der Waals surface area contributed by atoms with Gasteiger partial charge >= 0.3 is 0 Å². The van der Waals surface area contributed by atoms with Crippen LogP contribution in [0.1, 0.15) is 44.1 Å². The molecule has 6 rings (SSSR count). The molecule has 3 unspecified atom stereocenters. The zero-order valence-electron chi connectivity index (χ0n) is 14.0. The number of carbonyl (C=O) groups is 1. The van der Waals surface area contributed by atoms with E-state index in [1.165, 1.54) is 0 Å². The van der Waals surface area contributed by atoms with E-state index in [1.54, 1.807) is 0 Å². The Morgan fingerprint density at radius 2 is 2.31 bits per heavy atom. The maximum atomic E-state index is 15.1. The zero-order valence-corrected chi connectivity index (χ0v) is 15.6. The number of thiocarbonyl (C=S) groups is 1. The lowest BCUT2D eigenvalue weighted by molar-refractivity contribution is -0.681. The Bertz CT molecular complexity index is 1020. The van der Waals surface area contributed by atoms with Crippen LogP contribution in [0.25, 0.3) is 16.6 Å². The molecule has 2 aliphatic carbocycles. The maximum Gasteiger partial charge on any atom is 0.280 e. The number of aryl methyl sites for hydroxylation is 1. The Morgan fingerprint density at radius 3 is 2.96 bits per heavy atom. The van der Waals surface area contributed by atoms with Crippen molar-refractivity contribution in [2.24, 2.45) is 5.92 Å². The molecular formula is C18H15ClFN3O2S. The van der Waals surface area contributed by atoms with Gasteiger partial charge in [0, 0.05) is 12.8 Å². The van der Waals surface area contributed by atoms with Crippen LogP contribution in [0.5, 0.6) is 0 Å². The topological polar surface area (TPSA) is 68.4 Å². The predicted octanol–water partition coefficient (Wildman–Crippen LogP) is 4.31. The predicted molar refractivity (Wildman–Crippen MR) is 95.9 cm³/mol. The summed E-state index contributed by atoms with van der Waals surface area (Å²) in [6.45, 7) is 1.85. The largest absolute Gasteiger partial charge is 0.504 e. The molecule has 1 aromatic heterocycles. The normalized spacial score (nSPS) is 32.9. The van der Waals surface area contributed by atoms with Gasteiger partial charge in [-0.3, -0.25) is 9.49 Å². The van der Waals surface area contributed by atoms with Gasteiger partial charge in [0.2, 0.25) is 11.3 Å². The second-order valence-corrected chi connectivity index (χ2v) is 8.11. The lowest BCUT2D eigenvalue weighted by atomic mass is 9.68. The first kappa shape index (κ1) is 16.4. The summed E-state index contributed by atoms with van der Waals surface area (Å²) in [6.07, 6.45) is 3.52. The molecule has 26 heavy (non-hydrogen) atoms. The SMILES string of the molecule is CCc1nc2c(C34C(=O)C5CCCCC5(C3=S)[N+]4=[N-])c(F)cc(Cl)c2o1. The molecule has 2 bridgehead atoms. The van der Waals surface area contributed by atoms with Crippen molar-refractivity contribution in [3.05, 3.63) is 33.9 Å². The summed E-state index contributed by atoms with van der Waals surface area (Å²) in [5.74, 6) is -0.969. The van der Waals surface area contributed by atoms with Crippen LogP contribution in [0.2, 0.25) is 5.02 Å². The molecule has 5 nitrogen and oxygen atoms in total. The summed E-state index contributed by atoms with van der Waals surface area (Å²) in [5.41, 5.74) is 8.80. The van der Waals surface area contributed by atoms with Gasteiger partial charge in [-0.15, -0.1) is 0 Å². The highest BCUT2D eigenvalue weighted by Gasteiger charge is 2.87. The monoisotopic (exact) mass is 391 g/mol. The van der Waals surface area contributed by atoms with Crippen LogP contribution in [0.4, 0.5) is 4.39 Å². The minimum Gasteiger partial charge on any atom is -0.504 e. The third-order valence-corrected chi connectivity index (χ3v) is 7.18. The molecule has 0 radical (unpaired) electrons. The minimum atomic E-state index is -1.67. The molecule has 2 saturated heterocycles. The van der Waals surface area contributed by atoms with Crippen molar-refractivity contribution in [3.8, 4) is 0 Å². The first-order chi connectivity index (χ1) is 12.4. The number of benzene rings is 1. The summed E-state index contributed by atoms with van der Waals surface area (Å²) < 4.78 is 21.7. The van der Waals surface area contributed by atoms with Gasteiger partial charge in [-0.05, 0) is 18.9 Å². The number of oxazole rings is 1. The molecule has 4 fully saturated rings. The van der Waals surface area contributed by atoms with Crippen molar-refractivity contribution in [2.75, 3.05) is 0 Å². The summed E-state index contributed by atoms with van der Waals surface area (Å²) in [6, 6.07) is 1.11. The van der Waals surface area contributed by atoms with Gasteiger partial charge in [-0.2, -0.15) is 0 Å². The molecule has 1 aromatic carbocycles. The Hall–Kier alpha value is -1.73. The van der Waals surface area contributed by atoms with Crippen molar-refractivity contribution >= 4 is 45.6 Å². The average molecular weight is 392 g/mol. The van der Waals surface area contributed by atoms with E-state index >= 15 is 4.39 Å². The number of fused-ring (bicyclic) bond motifs is 1. The zero-order chi connectivity index (χ0) is 18.4. The molecule has 134 valence electrons. The Labute approximate surface area is 159 Å². The summed E-state index contributed by atoms with van der Waals surface area (Å²) >= 11 is 11.8. The van der Waals surface area contributed by atoms with E-state index in [4.69, 9.17) is 28.2 Å². The van der Waals surface area contributed by atoms with E-state index in [9.17, 15) is 10.3 Å². The van der Waals surface area contributed by atoms with Gasteiger partial charge in [-0.25, -0.2) is 9.37 Å². The van der Waals surface area contributed by atoms with Gasteiger partial charge in [0.05, 0.1) is 10.9 Å². The van der Waals surface area contributed by atoms with Gasteiger partial charge in [0.25, 0.3) is 5.54 Å². The number of aromatic nitrogens is 1. The van der Waals surface area contributed by atoms with Crippen LogP contribution < -0.4 is 0 Å². The summed E-state index contributed by atoms with van der Waals surface area (Å²) in [5, 5.41) is 0.0807. The van der Waals surface area contributed by atoms with E-state index in [1.807, 2.05) is 6.92 Å². The number of hydrogen-bond donors (Lipinski definition) is 0. The maximum absolute atomic E-state index is 15.1. The number of halogens is 2. The Balaban J connectivity index is 1.84. The van der Waals surface area contributed by atoms with Crippen LogP contribution in [0, 0.1) is 11.7 Å². The van der Waals surface area contributed by atoms with E-state index in [0.29, 0.717) is 30.0 Å². The van der Waals surface area contributed by atoms with Gasteiger partial charge in [-0.1, -0.05) is 37.2 Å². The molecule has 8 heteroatoms. The molecule has 4 aliphatic rings. The van der Waals surface area contributed by atoms with Crippen molar-refractivity contribution in [1.82, 2.24) is 4.98 Å². The average Bonchev–Trinajstić information content (AvgIpc) is 3.22. The molecule has 3 atom stereocenters. The summed E-state index contributed by atoms with van der Waals surface area (Å²) in [4.78, 5) is 18.1. The smallest absolute Gasteiger partial charge is 0.280 e. The van der Waals surface area contributed by atoms with Gasteiger partial charge < -0.3 is 9.95 Å². The second kappa shape index (κ2) is 4.95. The number of rotatable bonds is 2. The molecule has 0 N–H and O–H groups in total. The number of hydrogen-bond acceptors (Lipinski definition) is 4. The van der Waals surface area contributed by atoms with Crippen LogP contribution in [-0.2, 0) is 16.8 Å². The molecule has 1 spiro atoms. The van der Waals surface area contributed by atoms with Crippen LogP contribution in [0.15, 0.2) is 10.5 Å². The molecule has 0 amide bonds. The third-order valence-electron chi connectivity index (χ3n) is 6.25. The van der Waals surface area contributed by atoms with Gasteiger partial charge in [0.15, 0.2) is 11.5 Å². The van der Waals surface area contributed by atoms with E-state index in [2.05, 4.69) is 4.98 Å². The van der Waals surface area contributed by atoms with Crippen LogP contribution in [0.3, 0.4) is 0 Å². The molecular weight excluding hydrogens is 377 g/mol. The number of Topliss-reactive ketones (excluding diaryl/α,β-unsaturated/α-hetero) is 1. The van der Waals surface area contributed by atoms with Crippen molar-refractivity contribution in [2.45, 2.75) is 50.1 Å². The Morgan fingerprint density at radius 1 is 1.54 bits per heavy atom. The number of carbonyl (C=O) groups excluding carboxylic acids is 1. The fourth-order valence-electron chi connectivity index (χ4n) is 5.15. The lowest BCUT2D eigenvalue weighted by Gasteiger charge is -2.48. The van der Waals surface area contributed by atoms with E-state index in [-0.39, 0.29) is 27.5 Å². The fraction of sp³-hybridized carbons (Fsp3) is 0.500. The van der Waals surface area contributed by atoms with Crippen LogP contribution in [-0.4, -0.2) is 25.9 Å². The third kappa shape index (κ3) is 1.49. The highest BCUT2D eigenvalue weighted by Crippen LogP contribution is 2.64.